The third-order valence-electron chi connectivity index (χ3n) is 2.59. The molecule has 1 amide bonds. The van der Waals surface area contributed by atoms with E-state index in [4.69, 9.17) is 14.2 Å². The number of nitrogens with one attached hydrogen (secondary N) is 1. The Hall–Kier alpha value is -2.28. The molecule has 112 valence electrons. The van der Waals surface area contributed by atoms with Crippen molar-refractivity contribution in [1.29, 1.82) is 0 Å². The molecule has 1 aromatic heterocycles. The summed E-state index contributed by atoms with van der Waals surface area (Å²) < 4.78 is 15.6. The zero-order valence-electron chi connectivity index (χ0n) is 11.5. The van der Waals surface area contributed by atoms with E-state index in [9.17, 15) is 4.79 Å². The predicted molar refractivity (Wildman–Crippen MR) is 78.9 cm³/mol. The highest BCUT2D eigenvalue weighted by atomic mass is 32.1. The molecule has 21 heavy (non-hydrogen) atoms. The van der Waals surface area contributed by atoms with Crippen molar-refractivity contribution < 1.29 is 19.0 Å². The Balaban J connectivity index is 0.000000272. The standard InChI is InChI=1S/C11H13NO4.C3H3NS/c1-14-9-4-2-3-5-10(9)15-7-8-6-12-11(13)16-8;1-2-5-3-4-1/h2-5,8H,6-7H2,1H3,(H,12,13);1-3H. The first-order chi connectivity index (χ1) is 10.3. The van der Waals surface area contributed by atoms with Crippen LogP contribution in [0, 0.1) is 0 Å². The molecule has 1 saturated heterocycles. The molecule has 1 atom stereocenters. The fourth-order valence-corrected chi connectivity index (χ4v) is 1.97. The number of amides is 1. The van der Waals surface area contributed by atoms with E-state index in [1.165, 1.54) is 0 Å². The van der Waals surface area contributed by atoms with Crippen molar-refractivity contribution >= 4 is 17.4 Å². The van der Waals surface area contributed by atoms with E-state index in [1.54, 1.807) is 30.2 Å². The summed E-state index contributed by atoms with van der Waals surface area (Å²) in [6, 6.07) is 7.34. The van der Waals surface area contributed by atoms with Crippen molar-refractivity contribution in [3.8, 4) is 11.5 Å². The van der Waals surface area contributed by atoms with Crippen LogP contribution >= 0.6 is 11.3 Å². The minimum Gasteiger partial charge on any atom is -0.493 e. The van der Waals surface area contributed by atoms with E-state index in [0.29, 0.717) is 24.7 Å². The highest BCUT2D eigenvalue weighted by Crippen LogP contribution is 2.26. The zero-order chi connectivity index (χ0) is 14.9. The van der Waals surface area contributed by atoms with Crippen LogP contribution in [0.25, 0.3) is 0 Å². The van der Waals surface area contributed by atoms with E-state index in [-0.39, 0.29) is 6.10 Å². The quantitative estimate of drug-likeness (QED) is 0.938. The molecule has 1 unspecified atom stereocenters. The lowest BCUT2D eigenvalue weighted by Crippen LogP contribution is -2.22. The van der Waals surface area contributed by atoms with Gasteiger partial charge >= 0.3 is 6.09 Å². The number of hydrogen-bond donors (Lipinski definition) is 1. The van der Waals surface area contributed by atoms with Crippen LogP contribution < -0.4 is 14.8 Å². The van der Waals surface area contributed by atoms with Gasteiger partial charge in [-0.1, -0.05) is 12.1 Å². The summed E-state index contributed by atoms with van der Waals surface area (Å²) in [5.41, 5.74) is 1.79. The number of methoxy groups -OCH3 is 1. The van der Waals surface area contributed by atoms with Crippen molar-refractivity contribution in [2.45, 2.75) is 6.10 Å². The first-order valence-corrected chi connectivity index (χ1v) is 7.26. The smallest absolute Gasteiger partial charge is 0.407 e. The van der Waals surface area contributed by atoms with E-state index >= 15 is 0 Å². The average molecular weight is 308 g/mol. The number of cyclic esters (lactones) is 1. The number of aromatic nitrogens is 1. The fourth-order valence-electron chi connectivity index (χ4n) is 1.62. The van der Waals surface area contributed by atoms with Crippen LogP contribution in [0.4, 0.5) is 4.79 Å². The van der Waals surface area contributed by atoms with Crippen LogP contribution in [0.15, 0.2) is 41.4 Å². The molecule has 3 rings (SSSR count). The second-order valence-corrected chi connectivity index (χ2v) is 4.80. The van der Waals surface area contributed by atoms with Crippen LogP contribution in [0.2, 0.25) is 0 Å². The Bertz CT molecular complexity index is 530. The maximum atomic E-state index is 10.8. The summed E-state index contributed by atoms with van der Waals surface area (Å²) in [5.74, 6) is 1.31. The van der Waals surface area contributed by atoms with Crippen LogP contribution in [-0.4, -0.2) is 37.4 Å². The number of nitrogens with zero attached hydrogens (tertiary/aromatic N) is 1. The fraction of sp³-hybridized carbons (Fsp3) is 0.286. The second-order valence-electron chi connectivity index (χ2n) is 4.05. The first-order valence-electron chi connectivity index (χ1n) is 6.32. The second kappa shape index (κ2) is 8.11. The Morgan fingerprint density at radius 1 is 1.43 bits per heavy atom. The van der Waals surface area contributed by atoms with Gasteiger partial charge in [0.1, 0.15) is 6.61 Å². The number of benzene rings is 1. The number of rotatable bonds is 4. The summed E-state index contributed by atoms with van der Waals surface area (Å²) in [6.07, 6.45) is 1.14. The van der Waals surface area contributed by atoms with Gasteiger partial charge in [-0.25, -0.2) is 4.79 Å². The lowest BCUT2D eigenvalue weighted by Gasteiger charge is -2.12. The Morgan fingerprint density at radius 2 is 2.24 bits per heavy atom. The molecule has 7 heteroatoms. The minimum atomic E-state index is -0.395. The van der Waals surface area contributed by atoms with Gasteiger partial charge in [0.25, 0.3) is 0 Å². The normalized spacial score (nSPS) is 16.2. The molecule has 1 aromatic carbocycles. The van der Waals surface area contributed by atoms with E-state index in [2.05, 4.69) is 10.3 Å². The molecule has 1 aliphatic rings. The molecule has 2 heterocycles. The average Bonchev–Trinajstić information content (AvgIpc) is 3.20. The highest BCUT2D eigenvalue weighted by Gasteiger charge is 2.23. The maximum absolute atomic E-state index is 10.8. The molecule has 1 N–H and O–H groups in total. The number of thiazole rings is 1. The molecule has 1 fully saturated rings. The minimum absolute atomic E-state index is 0.239. The Morgan fingerprint density at radius 3 is 2.76 bits per heavy atom. The SMILES string of the molecule is COc1ccccc1OCC1CNC(=O)O1.c1cscn1. The monoisotopic (exact) mass is 308 g/mol. The molecule has 0 aliphatic carbocycles. The summed E-state index contributed by atoms with van der Waals surface area (Å²) in [6.45, 7) is 0.799. The van der Waals surface area contributed by atoms with Crippen molar-refractivity contribution in [3.63, 3.8) is 0 Å². The number of alkyl carbamates (subject to hydrolysis) is 1. The largest absolute Gasteiger partial charge is 0.493 e. The first kappa shape index (κ1) is 15.1. The molecular weight excluding hydrogens is 292 g/mol. The molecule has 1 aliphatic heterocycles. The van der Waals surface area contributed by atoms with Crippen LogP contribution in [0.3, 0.4) is 0 Å². The number of carbonyl (C=O) groups is 1. The highest BCUT2D eigenvalue weighted by molar-refractivity contribution is 7.07. The van der Waals surface area contributed by atoms with Crippen molar-refractivity contribution in [2.24, 2.45) is 0 Å². The predicted octanol–water partition coefficient (Wildman–Crippen LogP) is 2.33. The molecule has 0 radical (unpaired) electrons. The van der Waals surface area contributed by atoms with Gasteiger partial charge in [0.15, 0.2) is 17.6 Å². The molecule has 6 nitrogen and oxygen atoms in total. The maximum Gasteiger partial charge on any atom is 0.407 e. The Labute approximate surface area is 126 Å². The van der Waals surface area contributed by atoms with Crippen molar-refractivity contribution in [2.75, 3.05) is 20.3 Å². The van der Waals surface area contributed by atoms with Crippen LogP contribution in [0.5, 0.6) is 11.5 Å². The number of para-hydroxylation sites is 2. The van der Waals surface area contributed by atoms with Gasteiger partial charge in [-0.3, -0.25) is 4.98 Å². The summed E-state index contributed by atoms with van der Waals surface area (Å²) in [7, 11) is 1.58. The molecule has 2 aromatic rings. The molecule has 0 saturated carbocycles. The van der Waals surface area contributed by atoms with Gasteiger partial charge in [0.2, 0.25) is 0 Å². The lowest BCUT2D eigenvalue weighted by molar-refractivity contribution is 0.103. The van der Waals surface area contributed by atoms with Crippen molar-refractivity contribution in [1.82, 2.24) is 10.3 Å². The molecule has 0 spiro atoms. The number of hydrogen-bond acceptors (Lipinski definition) is 6. The lowest BCUT2D eigenvalue weighted by atomic mass is 10.3. The van der Waals surface area contributed by atoms with Gasteiger partial charge in [-0.2, -0.15) is 0 Å². The van der Waals surface area contributed by atoms with E-state index in [1.807, 2.05) is 29.6 Å². The summed E-state index contributed by atoms with van der Waals surface area (Å²) in [4.78, 5) is 14.5. The summed E-state index contributed by atoms with van der Waals surface area (Å²) >= 11 is 1.60. The van der Waals surface area contributed by atoms with Gasteiger partial charge < -0.3 is 19.5 Å². The van der Waals surface area contributed by atoms with Gasteiger partial charge in [0.05, 0.1) is 19.2 Å². The van der Waals surface area contributed by atoms with Gasteiger partial charge in [-0.05, 0) is 12.1 Å². The summed E-state index contributed by atoms with van der Waals surface area (Å²) in [5, 5.41) is 4.49. The molecular formula is C14H16N2O4S. The third kappa shape index (κ3) is 4.96. The Kier molecular flexibility index (Phi) is 5.83. The van der Waals surface area contributed by atoms with Gasteiger partial charge in [0, 0.05) is 11.6 Å². The zero-order valence-corrected chi connectivity index (χ0v) is 12.3. The topological polar surface area (TPSA) is 69.7 Å². The third-order valence-corrected chi connectivity index (χ3v) is 3.11. The van der Waals surface area contributed by atoms with Crippen LogP contribution in [-0.2, 0) is 4.74 Å². The van der Waals surface area contributed by atoms with E-state index in [0.717, 1.165) is 0 Å². The number of ether oxygens (including phenoxy) is 3. The van der Waals surface area contributed by atoms with Gasteiger partial charge in [-0.15, -0.1) is 11.3 Å². The van der Waals surface area contributed by atoms with E-state index < -0.39 is 6.09 Å². The van der Waals surface area contributed by atoms with Crippen molar-refractivity contribution in [3.05, 3.63) is 41.4 Å². The molecule has 0 bridgehead atoms. The number of carbonyl (C=O) groups excluding carboxylic acids is 1. The van der Waals surface area contributed by atoms with Crippen LogP contribution in [0.1, 0.15) is 0 Å².